The molecule has 0 spiro atoms. The molecule has 2 heterocycles. The van der Waals surface area contributed by atoms with Crippen molar-refractivity contribution < 1.29 is 13.2 Å². The van der Waals surface area contributed by atoms with Gasteiger partial charge in [-0.05, 0) is 44.9 Å². The lowest BCUT2D eigenvalue weighted by Crippen LogP contribution is -2.16. The van der Waals surface area contributed by atoms with Crippen LogP contribution in [0.1, 0.15) is 50.0 Å². The van der Waals surface area contributed by atoms with Crippen molar-refractivity contribution in [3.63, 3.8) is 0 Å². The molecule has 160 valence electrons. The number of fused-ring (bicyclic) bond motifs is 1. The van der Waals surface area contributed by atoms with Crippen molar-refractivity contribution in [2.75, 3.05) is 17.6 Å². The van der Waals surface area contributed by atoms with Crippen LogP contribution in [-0.4, -0.2) is 40.9 Å². The van der Waals surface area contributed by atoms with Crippen LogP contribution in [0.4, 0.5) is 5.69 Å². The topological polar surface area (TPSA) is 118 Å². The number of aromatic nitrogens is 4. The Morgan fingerprint density at radius 3 is 2.70 bits per heavy atom. The molecule has 9 nitrogen and oxygen atoms in total. The Morgan fingerprint density at radius 2 is 2.03 bits per heavy atom. The van der Waals surface area contributed by atoms with Crippen molar-refractivity contribution in [1.29, 1.82) is 0 Å². The van der Waals surface area contributed by atoms with Crippen molar-refractivity contribution in [3.05, 3.63) is 40.1 Å². The minimum absolute atomic E-state index is 0.276. The van der Waals surface area contributed by atoms with E-state index in [1.165, 1.54) is 0 Å². The quantitative estimate of drug-likeness (QED) is 0.620. The maximum Gasteiger partial charge on any atom is 0.277 e. The number of aromatic amines is 1. The highest BCUT2D eigenvalue weighted by molar-refractivity contribution is 7.92. The normalized spacial score (nSPS) is 15.0. The summed E-state index contributed by atoms with van der Waals surface area (Å²) in [5.41, 5.74) is 1.64. The zero-order valence-electron chi connectivity index (χ0n) is 17.2. The summed E-state index contributed by atoms with van der Waals surface area (Å²) >= 11 is 0. The van der Waals surface area contributed by atoms with Crippen LogP contribution in [-0.2, 0) is 10.0 Å². The molecule has 4 rings (SSSR count). The van der Waals surface area contributed by atoms with Crippen LogP contribution in [0.15, 0.2) is 23.0 Å². The Hall–Kier alpha value is -2.88. The van der Waals surface area contributed by atoms with Gasteiger partial charge in [-0.1, -0.05) is 12.8 Å². The Balaban J connectivity index is 1.91. The van der Waals surface area contributed by atoms with Crippen molar-refractivity contribution in [1.82, 2.24) is 19.6 Å². The summed E-state index contributed by atoms with van der Waals surface area (Å²) in [5.74, 6) is 1.87. The molecule has 1 aromatic carbocycles. The van der Waals surface area contributed by atoms with E-state index in [1.807, 2.05) is 13.8 Å². The number of anilines is 1. The van der Waals surface area contributed by atoms with Gasteiger partial charge < -0.3 is 9.72 Å². The second-order valence-electron chi connectivity index (χ2n) is 7.62. The van der Waals surface area contributed by atoms with Gasteiger partial charge >= 0.3 is 0 Å². The molecule has 0 bridgehead atoms. The number of ether oxygens (including phenoxy) is 1. The molecule has 2 aromatic heterocycles. The smallest absolute Gasteiger partial charge is 0.277 e. The summed E-state index contributed by atoms with van der Waals surface area (Å²) < 4.78 is 33.1. The zero-order chi connectivity index (χ0) is 21.5. The standard InChI is InChI=1S/C20H25N5O4S/c1-4-29-16-10-9-14(24-30(3,27)28)11-15(16)18-22-20(26)17-12(2)21-19(25(17)23-18)13-7-5-6-8-13/h9-11,13,24H,4-8H2,1-3H3,(H,22,23,26). The van der Waals surface area contributed by atoms with Gasteiger partial charge in [0.1, 0.15) is 11.6 Å². The molecule has 2 N–H and O–H groups in total. The molecule has 0 amide bonds. The maximum absolute atomic E-state index is 12.9. The lowest BCUT2D eigenvalue weighted by atomic mass is 10.1. The number of sulfonamides is 1. The minimum Gasteiger partial charge on any atom is -0.493 e. The van der Waals surface area contributed by atoms with Gasteiger partial charge in [0.25, 0.3) is 5.56 Å². The third kappa shape index (κ3) is 3.91. The van der Waals surface area contributed by atoms with Gasteiger partial charge in [-0.25, -0.2) is 17.9 Å². The Kier molecular flexibility index (Phi) is 5.27. The predicted molar refractivity (Wildman–Crippen MR) is 115 cm³/mol. The molecular formula is C20H25N5O4S. The molecule has 3 aromatic rings. The van der Waals surface area contributed by atoms with Gasteiger partial charge in [0.15, 0.2) is 11.3 Å². The third-order valence-electron chi connectivity index (χ3n) is 5.26. The maximum atomic E-state index is 12.9. The summed E-state index contributed by atoms with van der Waals surface area (Å²) in [6.45, 7) is 4.08. The summed E-state index contributed by atoms with van der Waals surface area (Å²) in [6.07, 6.45) is 5.42. The van der Waals surface area contributed by atoms with Crippen molar-refractivity contribution >= 4 is 21.2 Å². The van der Waals surface area contributed by atoms with Gasteiger partial charge in [-0.3, -0.25) is 9.52 Å². The van der Waals surface area contributed by atoms with Gasteiger partial charge in [-0.15, -0.1) is 5.10 Å². The summed E-state index contributed by atoms with van der Waals surface area (Å²) in [5, 5.41) is 4.69. The van der Waals surface area contributed by atoms with Crippen LogP contribution in [0.2, 0.25) is 0 Å². The molecule has 0 atom stereocenters. The molecule has 1 aliphatic carbocycles. The number of hydrogen-bond donors (Lipinski definition) is 2. The summed E-state index contributed by atoms with van der Waals surface area (Å²) in [6, 6.07) is 4.88. The SMILES string of the molecule is CCOc1ccc(NS(C)(=O)=O)cc1-c1nn2c(C3CCCC3)nc(C)c2c(=O)[nH]1. The first-order chi connectivity index (χ1) is 14.3. The van der Waals surface area contributed by atoms with E-state index in [9.17, 15) is 13.2 Å². The molecule has 0 saturated heterocycles. The first-order valence-corrected chi connectivity index (χ1v) is 11.9. The second-order valence-corrected chi connectivity index (χ2v) is 9.37. The average molecular weight is 432 g/mol. The molecule has 0 unspecified atom stereocenters. The van der Waals surface area contributed by atoms with Crippen LogP contribution in [0, 0.1) is 6.92 Å². The average Bonchev–Trinajstić information content (AvgIpc) is 3.30. The molecular weight excluding hydrogens is 406 g/mol. The monoisotopic (exact) mass is 431 g/mol. The van der Waals surface area contributed by atoms with Crippen LogP contribution < -0.4 is 15.0 Å². The van der Waals surface area contributed by atoms with E-state index in [0.29, 0.717) is 40.6 Å². The first-order valence-electron chi connectivity index (χ1n) is 10.0. The van der Waals surface area contributed by atoms with Gasteiger partial charge in [0.05, 0.1) is 24.1 Å². The molecule has 1 aliphatic rings. The lowest BCUT2D eigenvalue weighted by molar-refractivity contribution is 0.341. The summed E-state index contributed by atoms with van der Waals surface area (Å²) in [4.78, 5) is 20.4. The van der Waals surface area contributed by atoms with Gasteiger partial charge in [0, 0.05) is 11.6 Å². The van der Waals surface area contributed by atoms with Crippen LogP contribution in [0.5, 0.6) is 5.75 Å². The largest absolute Gasteiger partial charge is 0.493 e. The molecule has 1 saturated carbocycles. The number of imidazole rings is 1. The van der Waals surface area contributed by atoms with Gasteiger partial charge in [0.2, 0.25) is 10.0 Å². The van der Waals surface area contributed by atoms with Crippen LogP contribution >= 0.6 is 0 Å². The summed E-state index contributed by atoms with van der Waals surface area (Å²) in [7, 11) is -3.46. The number of nitrogens with one attached hydrogen (secondary N) is 2. The second kappa shape index (κ2) is 7.75. The van der Waals surface area contributed by atoms with E-state index in [4.69, 9.17) is 9.84 Å². The number of nitrogens with zero attached hydrogens (tertiary/aromatic N) is 3. The van der Waals surface area contributed by atoms with Gasteiger partial charge in [-0.2, -0.15) is 0 Å². The van der Waals surface area contributed by atoms with E-state index in [0.717, 1.165) is 37.8 Å². The lowest BCUT2D eigenvalue weighted by Gasteiger charge is -2.13. The highest BCUT2D eigenvalue weighted by Crippen LogP contribution is 2.35. The molecule has 0 radical (unpaired) electrons. The van der Waals surface area contributed by atoms with Crippen molar-refractivity contribution in [2.45, 2.75) is 45.4 Å². The van der Waals surface area contributed by atoms with E-state index < -0.39 is 10.0 Å². The third-order valence-corrected chi connectivity index (χ3v) is 5.87. The Morgan fingerprint density at radius 1 is 1.30 bits per heavy atom. The van der Waals surface area contributed by atoms with Crippen molar-refractivity contribution in [3.8, 4) is 17.1 Å². The number of hydrogen-bond acceptors (Lipinski definition) is 6. The van der Waals surface area contributed by atoms with Crippen molar-refractivity contribution in [2.24, 2.45) is 0 Å². The molecule has 0 aliphatic heterocycles. The zero-order valence-corrected chi connectivity index (χ0v) is 18.0. The fraction of sp³-hybridized carbons (Fsp3) is 0.450. The fourth-order valence-corrected chi connectivity index (χ4v) is 4.59. The highest BCUT2D eigenvalue weighted by Gasteiger charge is 2.25. The van der Waals surface area contributed by atoms with Crippen LogP contribution in [0.25, 0.3) is 16.9 Å². The van der Waals surface area contributed by atoms with E-state index in [1.54, 1.807) is 22.7 Å². The molecule has 30 heavy (non-hydrogen) atoms. The highest BCUT2D eigenvalue weighted by atomic mass is 32.2. The number of H-pyrrole nitrogens is 1. The van der Waals surface area contributed by atoms with E-state index in [2.05, 4.69) is 14.7 Å². The first kappa shape index (κ1) is 20.4. The fourth-order valence-electron chi connectivity index (χ4n) is 4.04. The number of aryl methyl sites for hydroxylation is 1. The van der Waals surface area contributed by atoms with Crippen LogP contribution in [0.3, 0.4) is 0 Å². The molecule has 1 fully saturated rings. The number of rotatable bonds is 6. The molecule has 10 heteroatoms. The van der Waals surface area contributed by atoms with E-state index >= 15 is 0 Å². The Bertz CT molecular complexity index is 1260. The minimum atomic E-state index is -3.46. The predicted octanol–water partition coefficient (Wildman–Crippen LogP) is 2.82. The Labute approximate surface area is 174 Å². The number of benzene rings is 1. The van der Waals surface area contributed by atoms with E-state index in [-0.39, 0.29) is 11.5 Å².